The van der Waals surface area contributed by atoms with Gasteiger partial charge in [-0.15, -0.1) is 5.10 Å². The van der Waals surface area contributed by atoms with Crippen molar-refractivity contribution in [1.29, 1.82) is 0 Å². The van der Waals surface area contributed by atoms with Crippen LogP contribution in [-0.2, 0) is 11.3 Å². The van der Waals surface area contributed by atoms with Crippen molar-refractivity contribution in [2.24, 2.45) is 11.8 Å². The Balaban J connectivity index is 2.54. The summed E-state index contributed by atoms with van der Waals surface area (Å²) in [6.07, 6.45) is 1.76. The molecule has 2 rings (SSSR count). The van der Waals surface area contributed by atoms with Crippen LogP contribution in [0, 0.1) is 11.8 Å². The molecule has 0 radical (unpaired) electrons. The summed E-state index contributed by atoms with van der Waals surface area (Å²) in [4.78, 5) is 0. The van der Waals surface area contributed by atoms with E-state index < -0.39 is 0 Å². The number of ether oxygens (including phenoxy) is 1. The molecule has 0 atom stereocenters. The minimum absolute atomic E-state index is 0.389. The topological polar surface area (TPSA) is 39.9 Å². The molecule has 0 aromatic carbocycles. The van der Waals surface area contributed by atoms with Gasteiger partial charge in [-0.25, -0.2) is 4.68 Å². The minimum atomic E-state index is 0.389. The summed E-state index contributed by atoms with van der Waals surface area (Å²) in [6.45, 7) is 9.16. The average molecular weight is 207 g/mol. The molecule has 1 aromatic heterocycles. The fourth-order valence-corrected chi connectivity index (χ4v) is 1.88. The number of fused-ring (bicyclic) bond motifs is 1. The maximum absolute atomic E-state index is 5.78. The lowest BCUT2D eigenvalue weighted by Crippen LogP contribution is -2.20. The normalized spacial score (nSPS) is 15.9. The van der Waals surface area contributed by atoms with Crippen LogP contribution in [0.1, 0.15) is 33.4 Å². The molecular formula is C11H17N3O. The second kappa shape index (κ2) is 3.68. The zero-order chi connectivity index (χ0) is 11.0. The number of hydrogen-bond donors (Lipinski definition) is 0. The van der Waals surface area contributed by atoms with Gasteiger partial charge < -0.3 is 4.74 Å². The Hall–Kier alpha value is -1.32. The Bertz CT molecular complexity index is 390. The van der Waals surface area contributed by atoms with E-state index in [1.165, 1.54) is 0 Å². The fraction of sp³-hybridized carbons (Fsp3) is 0.636. The van der Waals surface area contributed by atoms with Crippen LogP contribution in [-0.4, -0.2) is 15.0 Å². The SMILES string of the molecule is CC(C)C1=C(C(C)C)n2nncc2CO1. The zero-order valence-corrected chi connectivity index (χ0v) is 9.69. The van der Waals surface area contributed by atoms with E-state index in [4.69, 9.17) is 4.74 Å². The van der Waals surface area contributed by atoms with E-state index in [9.17, 15) is 0 Å². The maximum Gasteiger partial charge on any atom is 0.132 e. The number of allylic oxidation sites excluding steroid dienone is 2. The maximum atomic E-state index is 5.78. The Labute approximate surface area is 89.9 Å². The third kappa shape index (κ3) is 1.64. The molecule has 0 unspecified atom stereocenters. The van der Waals surface area contributed by atoms with Gasteiger partial charge in [0.2, 0.25) is 0 Å². The van der Waals surface area contributed by atoms with E-state index in [1.54, 1.807) is 6.20 Å². The molecule has 4 heteroatoms. The average Bonchev–Trinajstić information content (AvgIpc) is 2.62. The van der Waals surface area contributed by atoms with Crippen LogP contribution in [0.2, 0.25) is 0 Å². The molecule has 0 N–H and O–H groups in total. The molecule has 0 spiro atoms. The van der Waals surface area contributed by atoms with Crippen LogP contribution in [0.5, 0.6) is 0 Å². The number of aromatic nitrogens is 3. The third-order valence-corrected chi connectivity index (χ3v) is 2.55. The highest BCUT2D eigenvalue weighted by molar-refractivity contribution is 5.51. The molecule has 82 valence electrons. The molecule has 0 bridgehead atoms. The molecule has 1 aromatic rings. The van der Waals surface area contributed by atoms with Crippen molar-refractivity contribution in [2.75, 3.05) is 0 Å². The molecule has 0 saturated heterocycles. The fourth-order valence-electron chi connectivity index (χ4n) is 1.88. The van der Waals surface area contributed by atoms with Crippen LogP contribution >= 0.6 is 0 Å². The smallest absolute Gasteiger partial charge is 0.132 e. The zero-order valence-electron chi connectivity index (χ0n) is 9.69. The van der Waals surface area contributed by atoms with E-state index >= 15 is 0 Å². The summed E-state index contributed by atoms with van der Waals surface area (Å²) in [5.41, 5.74) is 2.17. The standard InChI is InChI=1S/C11H17N3O/c1-7(2)10-11(8(3)4)15-6-9-5-12-13-14(9)10/h5,7-8H,6H2,1-4H3. The molecule has 2 heterocycles. The Kier molecular flexibility index (Phi) is 2.50. The Morgan fingerprint density at radius 2 is 2.00 bits per heavy atom. The summed E-state index contributed by atoms with van der Waals surface area (Å²) in [5.74, 6) is 1.82. The number of nitrogens with zero attached hydrogens (tertiary/aromatic N) is 3. The molecular weight excluding hydrogens is 190 g/mol. The first kappa shape index (κ1) is 10.2. The lowest BCUT2D eigenvalue weighted by molar-refractivity contribution is 0.154. The van der Waals surface area contributed by atoms with Crippen LogP contribution in [0.4, 0.5) is 0 Å². The van der Waals surface area contributed by atoms with Gasteiger partial charge in [0.25, 0.3) is 0 Å². The van der Waals surface area contributed by atoms with Crippen molar-refractivity contribution in [2.45, 2.75) is 34.3 Å². The lowest BCUT2D eigenvalue weighted by Gasteiger charge is -2.26. The van der Waals surface area contributed by atoms with Crippen LogP contribution < -0.4 is 0 Å². The van der Waals surface area contributed by atoms with Gasteiger partial charge in [0.15, 0.2) is 0 Å². The monoisotopic (exact) mass is 207 g/mol. The van der Waals surface area contributed by atoms with Gasteiger partial charge in [0, 0.05) is 5.92 Å². The van der Waals surface area contributed by atoms with Crippen LogP contribution in [0.25, 0.3) is 5.70 Å². The highest BCUT2D eigenvalue weighted by Gasteiger charge is 2.25. The molecule has 0 fully saturated rings. The quantitative estimate of drug-likeness (QED) is 0.747. The van der Waals surface area contributed by atoms with Gasteiger partial charge in [0.05, 0.1) is 11.9 Å². The molecule has 1 aliphatic heterocycles. The van der Waals surface area contributed by atoms with E-state index in [-0.39, 0.29) is 0 Å². The number of rotatable bonds is 2. The molecule has 1 aliphatic rings. The van der Waals surface area contributed by atoms with E-state index in [2.05, 4.69) is 38.0 Å². The van der Waals surface area contributed by atoms with Crippen molar-refractivity contribution in [3.05, 3.63) is 17.6 Å². The van der Waals surface area contributed by atoms with Gasteiger partial charge in [-0.3, -0.25) is 0 Å². The molecule has 0 saturated carbocycles. The van der Waals surface area contributed by atoms with E-state index in [0.717, 1.165) is 17.2 Å². The Morgan fingerprint density at radius 1 is 1.27 bits per heavy atom. The first-order valence-corrected chi connectivity index (χ1v) is 5.38. The molecule has 4 nitrogen and oxygen atoms in total. The van der Waals surface area contributed by atoms with E-state index in [1.807, 2.05) is 4.68 Å². The molecule has 0 aliphatic carbocycles. The van der Waals surface area contributed by atoms with Gasteiger partial charge in [-0.05, 0) is 5.92 Å². The van der Waals surface area contributed by atoms with Crippen molar-refractivity contribution < 1.29 is 4.74 Å². The predicted molar refractivity (Wildman–Crippen MR) is 57.7 cm³/mol. The van der Waals surface area contributed by atoms with Crippen molar-refractivity contribution >= 4 is 5.70 Å². The first-order chi connectivity index (χ1) is 7.11. The summed E-state index contributed by atoms with van der Waals surface area (Å²) < 4.78 is 7.70. The van der Waals surface area contributed by atoms with Crippen molar-refractivity contribution in [1.82, 2.24) is 15.0 Å². The Morgan fingerprint density at radius 3 is 2.60 bits per heavy atom. The van der Waals surface area contributed by atoms with Crippen LogP contribution in [0.3, 0.4) is 0 Å². The largest absolute Gasteiger partial charge is 0.489 e. The highest BCUT2D eigenvalue weighted by Crippen LogP contribution is 2.31. The van der Waals surface area contributed by atoms with Crippen molar-refractivity contribution in [3.8, 4) is 0 Å². The molecule has 0 amide bonds. The summed E-state index contributed by atoms with van der Waals surface area (Å²) in [7, 11) is 0. The van der Waals surface area contributed by atoms with Gasteiger partial charge in [-0.2, -0.15) is 0 Å². The summed E-state index contributed by atoms with van der Waals surface area (Å²) >= 11 is 0. The number of hydrogen-bond acceptors (Lipinski definition) is 3. The lowest BCUT2D eigenvalue weighted by atomic mass is 10.0. The second-order valence-electron chi connectivity index (χ2n) is 4.48. The summed E-state index contributed by atoms with van der Waals surface area (Å²) in [5, 5.41) is 8.05. The van der Waals surface area contributed by atoms with E-state index in [0.29, 0.717) is 18.4 Å². The highest BCUT2D eigenvalue weighted by atomic mass is 16.5. The van der Waals surface area contributed by atoms with Crippen LogP contribution in [0.15, 0.2) is 12.0 Å². The van der Waals surface area contributed by atoms with Crippen molar-refractivity contribution in [3.63, 3.8) is 0 Å². The third-order valence-electron chi connectivity index (χ3n) is 2.55. The second-order valence-corrected chi connectivity index (χ2v) is 4.48. The minimum Gasteiger partial charge on any atom is -0.489 e. The predicted octanol–water partition coefficient (Wildman–Crippen LogP) is 2.29. The van der Waals surface area contributed by atoms with Gasteiger partial charge in [-0.1, -0.05) is 32.9 Å². The first-order valence-electron chi connectivity index (χ1n) is 5.38. The summed E-state index contributed by atoms with van der Waals surface area (Å²) in [6, 6.07) is 0. The van der Waals surface area contributed by atoms with Gasteiger partial charge in [0.1, 0.15) is 18.1 Å². The van der Waals surface area contributed by atoms with Gasteiger partial charge >= 0.3 is 0 Å². The molecule has 15 heavy (non-hydrogen) atoms.